The normalized spacial score (nSPS) is 37.0. The van der Waals surface area contributed by atoms with E-state index in [0.717, 1.165) is 34.5 Å². The van der Waals surface area contributed by atoms with Crippen molar-refractivity contribution in [2.45, 2.75) is 79.1 Å². The molecule has 0 aliphatic heterocycles. The molecule has 0 amide bonds. The third-order valence-electron chi connectivity index (χ3n) is 6.59. The molecule has 4 aliphatic carbocycles. The lowest BCUT2D eigenvalue weighted by Gasteiger charge is -2.13. The molecule has 4 aliphatic rings. The largest absolute Gasteiger partial charge is 0.0625 e. The SMILES string of the molecule is CC(C)C1CC12CC2.CC(C)C1CCC2(CC2)C1. The van der Waals surface area contributed by atoms with Gasteiger partial charge >= 0.3 is 0 Å². The van der Waals surface area contributed by atoms with Crippen molar-refractivity contribution in [3.8, 4) is 0 Å². The standard InChI is InChI=1S/C10H18.C8H14/c1-8(2)9-3-4-10(7-9)5-6-10;1-6(2)7-5-8(7)3-4-8/h8-9H,3-7H2,1-2H3;6-7H,3-5H2,1-2H3. The van der Waals surface area contributed by atoms with Crippen LogP contribution in [0, 0.1) is 34.5 Å². The lowest BCUT2D eigenvalue weighted by Crippen LogP contribution is -2.03. The molecular weight excluding hydrogens is 216 g/mol. The van der Waals surface area contributed by atoms with Crippen molar-refractivity contribution in [2.24, 2.45) is 34.5 Å². The van der Waals surface area contributed by atoms with Crippen molar-refractivity contribution in [3.63, 3.8) is 0 Å². The third kappa shape index (κ3) is 2.49. The fourth-order valence-corrected chi connectivity index (χ4v) is 4.51. The van der Waals surface area contributed by atoms with E-state index >= 15 is 0 Å². The fourth-order valence-electron chi connectivity index (χ4n) is 4.51. The number of rotatable bonds is 2. The Bertz CT molecular complexity index is 304. The smallest absolute Gasteiger partial charge is 0.0263 e. The van der Waals surface area contributed by atoms with Gasteiger partial charge in [0.2, 0.25) is 0 Å². The van der Waals surface area contributed by atoms with Gasteiger partial charge < -0.3 is 0 Å². The molecule has 0 heteroatoms. The van der Waals surface area contributed by atoms with Gasteiger partial charge in [-0.1, -0.05) is 27.7 Å². The summed E-state index contributed by atoms with van der Waals surface area (Å²) in [5.74, 6) is 4.11. The zero-order valence-electron chi connectivity index (χ0n) is 13.0. The maximum atomic E-state index is 2.38. The van der Waals surface area contributed by atoms with Crippen LogP contribution in [0.4, 0.5) is 0 Å². The van der Waals surface area contributed by atoms with E-state index in [-0.39, 0.29) is 0 Å². The van der Waals surface area contributed by atoms with Crippen LogP contribution < -0.4 is 0 Å². The Morgan fingerprint density at radius 1 is 0.778 bits per heavy atom. The highest BCUT2D eigenvalue weighted by atomic mass is 14.7. The van der Waals surface area contributed by atoms with Gasteiger partial charge in [0.15, 0.2) is 0 Å². The first-order valence-electron chi connectivity index (χ1n) is 8.46. The minimum Gasteiger partial charge on any atom is -0.0625 e. The second-order valence-electron chi connectivity index (χ2n) is 8.66. The van der Waals surface area contributed by atoms with Gasteiger partial charge in [-0.3, -0.25) is 0 Å². The van der Waals surface area contributed by atoms with E-state index in [4.69, 9.17) is 0 Å². The van der Waals surface area contributed by atoms with Gasteiger partial charge in [-0.25, -0.2) is 0 Å². The molecule has 0 aromatic heterocycles. The summed E-state index contributed by atoms with van der Waals surface area (Å²) in [7, 11) is 0. The van der Waals surface area contributed by atoms with Gasteiger partial charge in [0.1, 0.15) is 0 Å². The minimum atomic E-state index is 0.898. The second-order valence-corrected chi connectivity index (χ2v) is 8.66. The summed E-state index contributed by atoms with van der Waals surface area (Å²) in [6.07, 6.45) is 12.4. The molecule has 0 aromatic carbocycles. The Hall–Kier alpha value is 0. The van der Waals surface area contributed by atoms with E-state index in [9.17, 15) is 0 Å². The van der Waals surface area contributed by atoms with Crippen molar-refractivity contribution in [1.82, 2.24) is 0 Å². The van der Waals surface area contributed by atoms with Gasteiger partial charge in [0.05, 0.1) is 0 Å². The highest BCUT2D eigenvalue weighted by Crippen LogP contribution is 2.72. The van der Waals surface area contributed by atoms with Crippen LogP contribution in [0.25, 0.3) is 0 Å². The van der Waals surface area contributed by atoms with Gasteiger partial charge in [0, 0.05) is 0 Å². The summed E-state index contributed by atoms with van der Waals surface area (Å²) in [4.78, 5) is 0. The summed E-state index contributed by atoms with van der Waals surface area (Å²) in [5, 5.41) is 0. The van der Waals surface area contributed by atoms with Crippen LogP contribution >= 0.6 is 0 Å². The molecule has 0 radical (unpaired) electrons. The maximum Gasteiger partial charge on any atom is -0.0263 e. The van der Waals surface area contributed by atoms with E-state index in [0.29, 0.717) is 0 Å². The molecule has 0 aromatic rings. The Balaban J connectivity index is 0.000000114. The Kier molecular flexibility index (Phi) is 3.07. The zero-order valence-corrected chi connectivity index (χ0v) is 13.0. The number of hydrogen-bond acceptors (Lipinski definition) is 0. The van der Waals surface area contributed by atoms with E-state index in [1.807, 2.05) is 0 Å². The zero-order chi connectivity index (χ0) is 13.0. The average Bonchev–Trinajstić information content (AvgIpc) is 3.19. The van der Waals surface area contributed by atoms with E-state index in [1.54, 1.807) is 44.9 Å². The fraction of sp³-hybridized carbons (Fsp3) is 1.00. The summed E-state index contributed by atoms with van der Waals surface area (Å²) < 4.78 is 0. The monoisotopic (exact) mass is 248 g/mol. The van der Waals surface area contributed by atoms with Crippen LogP contribution in [0.15, 0.2) is 0 Å². The summed E-state index contributed by atoms with van der Waals surface area (Å²) in [5.41, 5.74) is 1.84. The first kappa shape index (κ1) is 13.0. The highest BCUT2D eigenvalue weighted by Gasteiger charge is 2.63. The third-order valence-corrected chi connectivity index (χ3v) is 6.59. The van der Waals surface area contributed by atoms with Crippen LogP contribution in [-0.2, 0) is 0 Å². The van der Waals surface area contributed by atoms with Crippen molar-refractivity contribution in [2.75, 3.05) is 0 Å². The molecule has 2 unspecified atom stereocenters. The Morgan fingerprint density at radius 3 is 1.67 bits per heavy atom. The summed E-state index contributed by atoms with van der Waals surface area (Å²) in [6, 6.07) is 0. The molecule has 0 nitrogen and oxygen atoms in total. The van der Waals surface area contributed by atoms with E-state index < -0.39 is 0 Å². The van der Waals surface area contributed by atoms with E-state index in [1.165, 1.54) is 6.42 Å². The topological polar surface area (TPSA) is 0 Å². The second kappa shape index (κ2) is 4.25. The molecule has 104 valence electrons. The van der Waals surface area contributed by atoms with Crippen LogP contribution in [0.2, 0.25) is 0 Å². The van der Waals surface area contributed by atoms with Crippen molar-refractivity contribution >= 4 is 0 Å². The van der Waals surface area contributed by atoms with Crippen molar-refractivity contribution < 1.29 is 0 Å². The van der Waals surface area contributed by atoms with Gasteiger partial charge in [0.25, 0.3) is 0 Å². The number of hydrogen-bond donors (Lipinski definition) is 0. The predicted molar refractivity (Wildman–Crippen MR) is 78.5 cm³/mol. The van der Waals surface area contributed by atoms with Crippen LogP contribution in [0.3, 0.4) is 0 Å². The van der Waals surface area contributed by atoms with Gasteiger partial charge in [-0.15, -0.1) is 0 Å². The van der Waals surface area contributed by atoms with Crippen LogP contribution in [0.1, 0.15) is 79.1 Å². The van der Waals surface area contributed by atoms with Crippen molar-refractivity contribution in [3.05, 3.63) is 0 Å². The van der Waals surface area contributed by atoms with Crippen molar-refractivity contribution in [1.29, 1.82) is 0 Å². The predicted octanol–water partition coefficient (Wildman–Crippen LogP) is 5.67. The molecule has 0 N–H and O–H groups in total. The molecule has 0 bridgehead atoms. The van der Waals surface area contributed by atoms with E-state index in [2.05, 4.69) is 27.7 Å². The van der Waals surface area contributed by atoms with Gasteiger partial charge in [-0.2, -0.15) is 0 Å². The molecule has 4 rings (SSSR count). The molecule has 2 atom stereocenters. The van der Waals surface area contributed by atoms with Crippen LogP contribution in [0.5, 0.6) is 0 Å². The quantitative estimate of drug-likeness (QED) is 0.591. The first-order valence-corrected chi connectivity index (χ1v) is 8.46. The summed E-state index contributed by atoms with van der Waals surface area (Å²) >= 11 is 0. The Labute approximate surface area is 114 Å². The van der Waals surface area contributed by atoms with Gasteiger partial charge in [-0.05, 0) is 85.9 Å². The first-order chi connectivity index (χ1) is 8.46. The molecule has 18 heavy (non-hydrogen) atoms. The average molecular weight is 248 g/mol. The molecule has 0 saturated heterocycles. The summed E-state index contributed by atoms with van der Waals surface area (Å²) in [6.45, 7) is 9.48. The molecule has 2 spiro atoms. The minimum absolute atomic E-state index is 0.898. The molecule has 4 fully saturated rings. The van der Waals surface area contributed by atoms with Crippen LogP contribution in [-0.4, -0.2) is 0 Å². The highest BCUT2D eigenvalue weighted by molar-refractivity contribution is 5.12. The lowest BCUT2D eigenvalue weighted by molar-refractivity contribution is 0.373. The maximum absolute atomic E-state index is 2.38. The molecule has 4 saturated carbocycles. The lowest BCUT2D eigenvalue weighted by atomic mass is 9.93. The molecular formula is C18H32. The molecule has 0 heterocycles. The Morgan fingerprint density at radius 2 is 1.44 bits per heavy atom.